The van der Waals surface area contributed by atoms with E-state index in [1.165, 1.54) is 6.33 Å². The SMILES string of the molecule is CC(CNC(=O)c1c(-c2ccccn2)cnc2cccnc12)Nc1ncnc(N)c1C#N. The van der Waals surface area contributed by atoms with Crippen molar-refractivity contribution in [2.24, 2.45) is 0 Å². The van der Waals surface area contributed by atoms with Crippen LogP contribution in [0, 0.1) is 11.3 Å². The van der Waals surface area contributed by atoms with Gasteiger partial charge in [0.1, 0.15) is 35.1 Å². The minimum absolute atomic E-state index is 0.0931. The Labute approximate surface area is 183 Å². The van der Waals surface area contributed by atoms with E-state index in [1.807, 2.05) is 25.1 Å². The molecule has 0 aliphatic carbocycles. The maximum absolute atomic E-state index is 13.3. The Morgan fingerprint density at radius 2 is 1.97 bits per heavy atom. The Kier molecular flexibility index (Phi) is 5.81. The van der Waals surface area contributed by atoms with Gasteiger partial charge in [-0.3, -0.25) is 19.7 Å². The number of aromatic nitrogens is 5. The van der Waals surface area contributed by atoms with Crippen LogP contribution >= 0.6 is 0 Å². The second-order valence-corrected chi connectivity index (χ2v) is 6.98. The zero-order valence-electron chi connectivity index (χ0n) is 17.1. The Bertz CT molecular complexity index is 1320. The number of hydrogen-bond acceptors (Lipinski definition) is 9. The molecule has 0 aromatic carbocycles. The molecule has 0 saturated carbocycles. The average molecular weight is 425 g/mol. The molecule has 4 aromatic heterocycles. The van der Waals surface area contributed by atoms with E-state index in [9.17, 15) is 10.1 Å². The number of nitrogens with zero attached hydrogens (tertiary/aromatic N) is 6. The van der Waals surface area contributed by atoms with Crippen LogP contribution in [-0.2, 0) is 0 Å². The molecule has 4 rings (SSSR count). The fraction of sp³-hybridized carbons (Fsp3) is 0.136. The summed E-state index contributed by atoms with van der Waals surface area (Å²) in [6.07, 6.45) is 6.19. The number of carbonyl (C=O) groups excluding carboxylic acids is 1. The number of carbonyl (C=O) groups is 1. The first-order chi connectivity index (χ1) is 15.6. The minimum Gasteiger partial charge on any atom is -0.382 e. The second-order valence-electron chi connectivity index (χ2n) is 6.98. The standard InChI is InChI=1S/C22H19N9O/c1-13(31-21-14(9-23)20(24)29-12-30-21)10-28-22(32)18-15(16-5-2-3-7-25-16)11-27-17-6-4-8-26-19(17)18/h2-8,11-13H,10H2,1H3,(H,28,32)(H3,24,29,30,31). The molecular weight excluding hydrogens is 406 g/mol. The number of nitrogens with one attached hydrogen (secondary N) is 2. The largest absolute Gasteiger partial charge is 0.382 e. The normalized spacial score (nSPS) is 11.5. The summed E-state index contributed by atoms with van der Waals surface area (Å²) in [7, 11) is 0. The number of nitriles is 1. The summed E-state index contributed by atoms with van der Waals surface area (Å²) in [5, 5.41) is 15.3. The Hall–Kier alpha value is -4.65. The van der Waals surface area contributed by atoms with E-state index in [-0.39, 0.29) is 29.9 Å². The molecule has 0 radical (unpaired) electrons. The van der Waals surface area contributed by atoms with Crippen LogP contribution in [0.1, 0.15) is 22.8 Å². The summed E-state index contributed by atoms with van der Waals surface area (Å²) in [5.74, 6) is 0.0932. The molecule has 0 fully saturated rings. The number of nitrogens with two attached hydrogens (primary N) is 1. The van der Waals surface area contributed by atoms with Gasteiger partial charge in [0.05, 0.1) is 16.8 Å². The van der Waals surface area contributed by atoms with E-state index in [1.54, 1.807) is 36.8 Å². The molecule has 0 saturated heterocycles. The first-order valence-electron chi connectivity index (χ1n) is 9.79. The topological polar surface area (TPSA) is 155 Å². The lowest BCUT2D eigenvalue weighted by atomic mass is 10.0. The van der Waals surface area contributed by atoms with Gasteiger partial charge in [0.15, 0.2) is 0 Å². The van der Waals surface area contributed by atoms with Gasteiger partial charge in [0, 0.05) is 36.7 Å². The van der Waals surface area contributed by atoms with E-state index < -0.39 is 0 Å². The summed E-state index contributed by atoms with van der Waals surface area (Å²) in [4.78, 5) is 34.3. The number of rotatable bonds is 6. The lowest BCUT2D eigenvalue weighted by Gasteiger charge is -2.17. The summed E-state index contributed by atoms with van der Waals surface area (Å²) in [5.41, 5.74) is 8.59. The number of fused-ring (bicyclic) bond motifs is 1. The van der Waals surface area contributed by atoms with Crippen LogP contribution in [0.2, 0.25) is 0 Å². The molecule has 0 aliphatic rings. The third-order valence-corrected chi connectivity index (χ3v) is 4.73. The zero-order chi connectivity index (χ0) is 22.5. The monoisotopic (exact) mass is 425 g/mol. The van der Waals surface area contributed by atoms with E-state index in [0.29, 0.717) is 33.7 Å². The van der Waals surface area contributed by atoms with Crippen LogP contribution in [0.3, 0.4) is 0 Å². The van der Waals surface area contributed by atoms with Crippen molar-refractivity contribution in [2.45, 2.75) is 13.0 Å². The molecule has 10 nitrogen and oxygen atoms in total. The van der Waals surface area contributed by atoms with Crippen LogP contribution in [-0.4, -0.2) is 43.4 Å². The average Bonchev–Trinajstić information content (AvgIpc) is 2.82. The highest BCUT2D eigenvalue weighted by atomic mass is 16.1. The van der Waals surface area contributed by atoms with Gasteiger partial charge in [-0.1, -0.05) is 6.07 Å². The Morgan fingerprint density at radius 3 is 2.75 bits per heavy atom. The van der Waals surface area contributed by atoms with E-state index in [2.05, 4.69) is 35.6 Å². The van der Waals surface area contributed by atoms with Crippen molar-refractivity contribution in [3.63, 3.8) is 0 Å². The Morgan fingerprint density at radius 1 is 1.12 bits per heavy atom. The van der Waals surface area contributed by atoms with Crippen molar-refractivity contribution in [1.29, 1.82) is 5.26 Å². The fourth-order valence-electron chi connectivity index (χ4n) is 3.20. The highest BCUT2D eigenvalue weighted by Gasteiger charge is 2.20. The van der Waals surface area contributed by atoms with Crippen LogP contribution in [0.4, 0.5) is 11.6 Å². The van der Waals surface area contributed by atoms with Gasteiger partial charge in [-0.2, -0.15) is 5.26 Å². The van der Waals surface area contributed by atoms with Crippen LogP contribution < -0.4 is 16.4 Å². The number of anilines is 2. The molecule has 1 atom stereocenters. The molecule has 158 valence electrons. The van der Waals surface area contributed by atoms with E-state index in [0.717, 1.165) is 0 Å². The summed E-state index contributed by atoms with van der Waals surface area (Å²) >= 11 is 0. The van der Waals surface area contributed by atoms with Crippen molar-refractivity contribution >= 4 is 28.6 Å². The Balaban J connectivity index is 1.59. The summed E-state index contributed by atoms with van der Waals surface area (Å²) in [6, 6.07) is 10.8. The summed E-state index contributed by atoms with van der Waals surface area (Å²) in [6.45, 7) is 2.11. The predicted octanol–water partition coefficient (Wildman–Crippen LogP) is 2.17. The number of hydrogen-bond donors (Lipinski definition) is 3. The lowest BCUT2D eigenvalue weighted by molar-refractivity contribution is 0.0954. The van der Waals surface area contributed by atoms with Crippen molar-refractivity contribution in [2.75, 3.05) is 17.6 Å². The van der Waals surface area contributed by atoms with E-state index >= 15 is 0 Å². The molecule has 10 heteroatoms. The first kappa shape index (κ1) is 20.6. The number of pyridine rings is 3. The fourth-order valence-corrected chi connectivity index (χ4v) is 3.20. The van der Waals surface area contributed by atoms with Gasteiger partial charge in [0.2, 0.25) is 0 Å². The van der Waals surface area contributed by atoms with Gasteiger partial charge in [-0.15, -0.1) is 0 Å². The molecule has 1 amide bonds. The maximum Gasteiger partial charge on any atom is 0.254 e. The molecule has 4 N–H and O–H groups in total. The number of nitrogen functional groups attached to an aromatic ring is 1. The molecule has 0 bridgehead atoms. The molecule has 0 spiro atoms. The van der Waals surface area contributed by atoms with Gasteiger partial charge in [-0.05, 0) is 31.2 Å². The molecule has 32 heavy (non-hydrogen) atoms. The highest BCUT2D eigenvalue weighted by Crippen LogP contribution is 2.26. The van der Waals surface area contributed by atoms with Gasteiger partial charge >= 0.3 is 0 Å². The van der Waals surface area contributed by atoms with Gasteiger partial charge < -0.3 is 16.4 Å². The minimum atomic E-state index is -0.312. The van der Waals surface area contributed by atoms with E-state index in [4.69, 9.17) is 5.73 Å². The quantitative estimate of drug-likeness (QED) is 0.421. The lowest BCUT2D eigenvalue weighted by Crippen LogP contribution is -2.35. The van der Waals surface area contributed by atoms with Gasteiger partial charge in [-0.25, -0.2) is 9.97 Å². The smallest absolute Gasteiger partial charge is 0.254 e. The maximum atomic E-state index is 13.3. The van der Waals surface area contributed by atoms with Gasteiger partial charge in [0.25, 0.3) is 5.91 Å². The van der Waals surface area contributed by atoms with Crippen LogP contribution in [0.25, 0.3) is 22.3 Å². The van der Waals surface area contributed by atoms with Crippen molar-refractivity contribution in [3.8, 4) is 17.3 Å². The molecule has 0 aliphatic heterocycles. The predicted molar refractivity (Wildman–Crippen MR) is 119 cm³/mol. The van der Waals surface area contributed by atoms with Crippen LogP contribution in [0.15, 0.2) is 55.2 Å². The van der Waals surface area contributed by atoms with Crippen molar-refractivity contribution < 1.29 is 4.79 Å². The zero-order valence-corrected chi connectivity index (χ0v) is 17.1. The van der Waals surface area contributed by atoms with Crippen LogP contribution in [0.5, 0.6) is 0 Å². The molecule has 4 heterocycles. The molecular formula is C22H19N9O. The number of amides is 1. The third-order valence-electron chi connectivity index (χ3n) is 4.73. The highest BCUT2D eigenvalue weighted by molar-refractivity contribution is 6.09. The second kappa shape index (κ2) is 9.01. The molecule has 4 aromatic rings. The van der Waals surface area contributed by atoms with Crippen molar-refractivity contribution in [3.05, 3.63) is 66.4 Å². The third kappa shape index (κ3) is 4.13. The molecule has 1 unspecified atom stereocenters. The summed E-state index contributed by atoms with van der Waals surface area (Å²) < 4.78 is 0. The van der Waals surface area contributed by atoms with Crippen molar-refractivity contribution in [1.82, 2.24) is 30.2 Å². The first-order valence-corrected chi connectivity index (χ1v) is 9.79.